The number of nitrogens with zero attached hydrogens (tertiary/aromatic N) is 2. The van der Waals surface area contributed by atoms with E-state index < -0.39 is 0 Å². The Labute approximate surface area is 131 Å². The molecule has 2 rings (SSSR count). The van der Waals surface area contributed by atoms with Crippen molar-refractivity contribution < 1.29 is 0 Å². The first-order chi connectivity index (χ1) is 9.61. The standard InChI is InChI=1S/C15H20ClN3S/c1-3-6-17-15(20)19-9-7-18(8-10-19)14-11-13(16)5-4-12(14)2/h3-5,11H,1,6-10H2,2H3,(H,17,20). The van der Waals surface area contributed by atoms with Crippen LogP contribution < -0.4 is 10.2 Å². The molecule has 0 saturated carbocycles. The maximum atomic E-state index is 6.10. The van der Waals surface area contributed by atoms with Gasteiger partial charge in [-0.25, -0.2) is 0 Å². The van der Waals surface area contributed by atoms with Gasteiger partial charge in [-0.2, -0.15) is 0 Å². The van der Waals surface area contributed by atoms with Crippen LogP contribution in [0.3, 0.4) is 0 Å². The average Bonchev–Trinajstić information content (AvgIpc) is 2.47. The molecular formula is C15H20ClN3S. The van der Waals surface area contributed by atoms with Crippen molar-refractivity contribution in [2.45, 2.75) is 6.92 Å². The molecule has 0 amide bonds. The topological polar surface area (TPSA) is 18.5 Å². The Bertz CT molecular complexity index is 496. The summed E-state index contributed by atoms with van der Waals surface area (Å²) in [5.41, 5.74) is 2.48. The van der Waals surface area contributed by atoms with Crippen LogP contribution in [-0.4, -0.2) is 42.7 Å². The molecule has 0 spiro atoms. The zero-order valence-electron chi connectivity index (χ0n) is 11.7. The number of hydrogen-bond donors (Lipinski definition) is 1. The van der Waals surface area contributed by atoms with E-state index >= 15 is 0 Å². The van der Waals surface area contributed by atoms with Gasteiger partial charge in [-0.05, 0) is 36.8 Å². The summed E-state index contributed by atoms with van der Waals surface area (Å²) in [4.78, 5) is 4.57. The first kappa shape index (κ1) is 15.1. The fraction of sp³-hybridized carbons (Fsp3) is 0.400. The summed E-state index contributed by atoms with van der Waals surface area (Å²) in [5.74, 6) is 0. The van der Waals surface area contributed by atoms with Crippen molar-refractivity contribution in [2.24, 2.45) is 0 Å². The zero-order chi connectivity index (χ0) is 14.5. The number of anilines is 1. The molecule has 0 bridgehead atoms. The molecule has 0 radical (unpaired) electrons. The third-order valence-electron chi connectivity index (χ3n) is 3.48. The Balaban J connectivity index is 1.95. The molecule has 0 unspecified atom stereocenters. The van der Waals surface area contributed by atoms with Gasteiger partial charge in [0.25, 0.3) is 0 Å². The van der Waals surface area contributed by atoms with Gasteiger partial charge in [0.2, 0.25) is 0 Å². The summed E-state index contributed by atoms with van der Waals surface area (Å²) >= 11 is 11.5. The molecular weight excluding hydrogens is 290 g/mol. The monoisotopic (exact) mass is 309 g/mol. The molecule has 0 aliphatic carbocycles. The van der Waals surface area contributed by atoms with E-state index in [0.717, 1.165) is 36.3 Å². The van der Waals surface area contributed by atoms with E-state index in [0.29, 0.717) is 6.54 Å². The lowest BCUT2D eigenvalue weighted by Gasteiger charge is -2.38. The smallest absolute Gasteiger partial charge is 0.169 e. The lowest BCUT2D eigenvalue weighted by atomic mass is 10.1. The van der Waals surface area contributed by atoms with Crippen LogP contribution in [0.2, 0.25) is 5.02 Å². The Morgan fingerprint density at radius 3 is 2.75 bits per heavy atom. The highest BCUT2D eigenvalue weighted by Gasteiger charge is 2.19. The second kappa shape index (κ2) is 6.95. The highest BCUT2D eigenvalue weighted by atomic mass is 35.5. The largest absolute Gasteiger partial charge is 0.368 e. The lowest BCUT2D eigenvalue weighted by molar-refractivity contribution is 0.381. The van der Waals surface area contributed by atoms with E-state index in [4.69, 9.17) is 23.8 Å². The second-order valence-corrected chi connectivity index (χ2v) is 5.70. The van der Waals surface area contributed by atoms with Crippen LogP contribution in [0.5, 0.6) is 0 Å². The molecule has 1 saturated heterocycles. The maximum absolute atomic E-state index is 6.10. The van der Waals surface area contributed by atoms with Gasteiger partial charge in [0, 0.05) is 43.4 Å². The zero-order valence-corrected chi connectivity index (χ0v) is 13.3. The Kier molecular flexibility index (Phi) is 5.26. The van der Waals surface area contributed by atoms with E-state index in [1.807, 2.05) is 18.2 Å². The predicted molar refractivity (Wildman–Crippen MR) is 90.8 cm³/mol. The van der Waals surface area contributed by atoms with Crippen molar-refractivity contribution >= 4 is 34.6 Å². The van der Waals surface area contributed by atoms with Crippen molar-refractivity contribution in [3.63, 3.8) is 0 Å². The van der Waals surface area contributed by atoms with Gasteiger partial charge in [0.1, 0.15) is 0 Å². The van der Waals surface area contributed by atoms with Crippen molar-refractivity contribution in [2.75, 3.05) is 37.6 Å². The third kappa shape index (κ3) is 3.64. The molecule has 1 aliphatic heterocycles. The summed E-state index contributed by atoms with van der Waals surface area (Å²) < 4.78 is 0. The minimum Gasteiger partial charge on any atom is -0.368 e. The molecule has 0 aromatic heterocycles. The van der Waals surface area contributed by atoms with Crippen LogP contribution in [0.25, 0.3) is 0 Å². The first-order valence-corrected chi connectivity index (χ1v) is 7.55. The molecule has 1 heterocycles. The van der Waals surface area contributed by atoms with Crippen molar-refractivity contribution in [1.82, 2.24) is 10.2 Å². The van der Waals surface area contributed by atoms with Crippen LogP contribution in [0.1, 0.15) is 5.56 Å². The SMILES string of the molecule is C=CCNC(=S)N1CCN(c2cc(Cl)ccc2C)CC1. The van der Waals surface area contributed by atoms with Crippen LogP contribution >= 0.6 is 23.8 Å². The number of halogens is 1. The van der Waals surface area contributed by atoms with Crippen molar-refractivity contribution in [1.29, 1.82) is 0 Å². The number of hydrogen-bond acceptors (Lipinski definition) is 2. The summed E-state index contributed by atoms with van der Waals surface area (Å²) in [6.07, 6.45) is 1.82. The minimum atomic E-state index is 0.715. The fourth-order valence-electron chi connectivity index (χ4n) is 2.34. The number of benzene rings is 1. The Morgan fingerprint density at radius 2 is 2.10 bits per heavy atom. The second-order valence-electron chi connectivity index (χ2n) is 4.88. The van der Waals surface area contributed by atoms with E-state index in [2.05, 4.69) is 34.7 Å². The molecule has 108 valence electrons. The summed E-state index contributed by atoms with van der Waals surface area (Å²) in [6, 6.07) is 6.05. The van der Waals surface area contributed by atoms with Gasteiger partial charge in [0.05, 0.1) is 0 Å². The molecule has 1 aromatic carbocycles. The normalized spacial score (nSPS) is 15.1. The van der Waals surface area contributed by atoms with Gasteiger partial charge in [-0.1, -0.05) is 23.7 Å². The predicted octanol–water partition coefficient (Wildman–Crippen LogP) is 2.83. The van der Waals surface area contributed by atoms with Crippen LogP contribution in [-0.2, 0) is 0 Å². The Morgan fingerprint density at radius 1 is 1.40 bits per heavy atom. The number of rotatable bonds is 3. The fourth-order valence-corrected chi connectivity index (χ4v) is 2.78. The number of piperazine rings is 1. The summed E-state index contributed by atoms with van der Waals surface area (Å²) in [7, 11) is 0. The van der Waals surface area contributed by atoms with Gasteiger partial charge < -0.3 is 15.1 Å². The molecule has 1 fully saturated rings. The quantitative estimate of drug-likeness (QED) is 0.683. The van der Waals surface area contributed by atoms with E-state index in [1.54, 1.807) is 0 Å². The highest BCUT2D eigenvalue weighted by molar-refractivity contribution is 7.80. The molecule has 1 N–H and O–H groups in total. The van der Waals surface area contributed by atoms with Crippen LogP contribution in [0.4, 0.5) is 5.69 Å². The highest BCUT2D eigenvalue weighted by Crippen LogP contribution is 2.25. The first-order valence-electron chi connectivity index (χ1n) is 6.76. The van der Waals surface area contributed by atoms with E-state index in [9.17, 15) is 0 Å². The molecule has 0 atom stereocenters. The van der Waals surface area contributed by atoms with Gasteiger partial charge in [-0.15, -0.1) is 6.58 Å². The molecule has 1 aliphatic rings. The van der Waals surface area contributed by atoms with Crippen LogP contribution in [0.15, 0.2) is 30.9 Å². The number of nitrogens with one attached hydrogen (secondary N) is 1. The summed E-state index contributed by atoms with van der Waals surface area (Å²) in [5, 5.41) is 4.78. The lowest BCUT2D eigenvalue weighted by Crippen LogP contribution is -2.51. The maximum Gasteiger partial charge on any atom is 0.169 e. The summed E-state index contributed by atoms with van der Waals surface area (Å²) in [6.45, 7) is 10.3. The molecule has 5 heteroatoms. The third-order valence-corrected chi connectivity index (χ3v) is 4.11. The van der Waals surface area contributed by atoms with E-state index in [-0.39, 0.29) is 0 Å². The molecule has 3 nitrogen and oxygen atoms in total. The van der Waals surface area contributed by atoms with Gasteiger partial charge in [-0.3, -0.25) is 0 Å². The van der Waals surface area contributed by atoms with Gasteiger partial charge in [0.15, 0.2) is 5.11 Å². The van der Waals surface area contributed by atoms with Crippen LogP contribution in [0, 0.1) is 6.92 Å². The molecule has 20 heavy (non-hydrogen) atoms. The molecule has 1 aromatic rings. The minimum absolute atomic E-state index is 0.715. The number of thiocarbonyl (C=S) groups is 1. The van der Waals surface area contributed by atoms with Gasteiger partial charge >= 0.3 is 0 Å². The van der Waals surface area contributed by atoms with Crippen molar-refractivity contribution in [3.8, 4) is 0 Å². The Hall–Kier alpha value is -1.26. The number of aryl methyl sites for hydroxylation is 1. The van der Waals surface area contributed by atoms with E-state index in [1.165, 1.54) is 11.3 Å². The average molecular weight is 310 g/mol. The van der Waals surface area contributed by atoms with Crippen molar-refractivity contribution in [3.05, 3.63) is 41.4 Å².